The van der Waals surface area contributed by atoms with Crippen LogP contribution in [0.4, 0.5) is 4.39 Å². The Morgan fingerprint density at radius 2 is 2.33 bits per heavy atom. The maximum atomic E-state index is 13.2. The van der Waals surface area contributed by atoms with E-state index in [1.807, 2.05) is 0 Å². The van der Waals surface area contributed by atoms with Crippen LogP contribution >= 0.6 is 0 Å². The number of fused-ring (bicyclic) bond motifs is 1. The standard InChI is InChI=1S/C14H19FN2O/c1-17-6-2-5-14(9-17)8-12(16)11-7-10(15)3-4-13(11)18-14/h3-4,7,12H,2,5-6,8-9,16H2,1H3/t12-,14?/m0/s1. The Morgan fingerprint density at radius 3 is 3.11 bits per heavy atom. The molecule has 2 atom stereocenters. The molecular formula is C14H19FN2O. The van der Waals surface area contributed by atoms with Crippen molar-refractivity contribution in [1.82, 2.24) is 4.90 Å². The molecular weight excluding hydrogens is 231 g/mol. The molecule has 0 aromatic heterocycles. The molecule has 18 heavy (non-hydrogen) atoms. The van der Waals surface area contributed by atoms with Gasteiger partial charge < -0.3 is 15.4 Å². The summed E-state index contributed by atoms with van der Waals surface area (Å²) in [4.78, 5) is 2.28. The lowest BCUT2D eigenvalue weighted by Gasteiger charge is -2.46. The molecule has 1 aromatic carbocycles. The van der Waals surface area contributed by atoms with Crippen LogP contribution in [0, 0.1) is 5.82 Å². The Bertz CT molecular complexity index is 465. The molecule has 2 aliphatic heterocycles. The van der Waals surface area contributed by atoms with Gasteiger partial charge in [-0.2, -0.15) is 0 Å². The van der Waals surface area contributed by atoms with Gasteiger partial charge in [0.15, 0.2) is 0 Å². The van der Waals surface area contributed by atoms with Crippen molar-refractivity contribution in [2.24, 2.45) is 5.73 Å². The Balaban J connectivity index is 1.93. The first-order valence-electron chi connectivity index (χ1n) is 6.51. The summed E-state index contributed by atoms with van der Waals surface area (Å²) in [6, 6.07) is 4.52. The van der Waals surface area contributed by atoms with E-state index in [1.54, 1.807) is 6.07 Å². The molecule has 2 heterocycles. The first-order valence-corrected chi connectivity index (χ1v) is 6.51. The zero-order valence-corrected chi connectivity index (χ0v) is 10.7. The van der Waals surface area contributed by atoms with Gasteiger partial charge in [-0.25, -0.2) is 4.39 Å². The summed E-state index contributed by atoms with van der Waals surface area (Å²) in [6.45, 7) is 2.01. The van der Waals surface area contributed by atoms with Crippen LogP contribution in [-0.4, -0.2) is 30.6 Å². The van der Waals surface area contributed by atoms with Crippen molar-refractivity contribution in [2.75, 3.05) is 20.1 Å². The van der Waals surface area contributed by atoms with E-state index in [9.17, 15) is 4.39 Å². The zero-order valence-electron chi connectivity index (χ0n) is 10.7. The fourth-order valence-electron chi connectivity index (χ4n) is 3.26. The van der Waals surface area contributed by atoms with Crippen LogP contribution in [0.25, 0.3) is 0 Å². The van der Waals surface area contributed by atoms with Crippen molar-refractivity contribution < 1.29 is 9.13 Å². The highest BCUT2D eigenvalue weighted by Crippen LogP contribution is 2.42. The Kier molecular flexibility index (Phi) is 2.79. The second-order valence-electron chi connectivity index (χ2n) is 5.62. The highest BCUT2D eigenvalue weighted by Gasteiger charge is 2.42. The SMILES string of the molecule is CN1CCCC2(C[C@H](N)c3cc(F)ccc3O2)C1. The number of halogens is 1. The molecule has 1 fully saturated rings. The lowest BCUT2D eigenvalue weighted by molar-refractivity contribution is -0.0235. The molecule has 98 valence electrons. The van der Waals surface area contributed by atoms with E-state index in [-0.39, 0.29) is 17.5 Å². The lowest BCUT2D eigenvalue weighted by Crippen LogP contribution is -2.53. The molecule has 0 bridgehead atoms. The van der Waals surface area contributed by atoms with E-state index in [4.69, 9.17) is 10.5 Å². The van der Waals surface area contributed by atoms with Crippen LogP contribution in [0.2, 0.25) is 0 Å². The number of nitrogens with two attached hydrogens (primary N) is 1. The summed E-state index contributed by atoms with van der Waals surface area (Å²) in [5.74, 6) is 0.509. The highest BCUT2D eigenvalue weighted by atomic mass is 19.1. The third-order valence-electron chi connectivity index (χ3n) is 4.02. The van der Waals surface area contributed by atoms with Crippen LogP contribution in [0.1, 0.15) is 30.9 Å². The van der Waals surface area contributed by atoms with Gasteiger partial charge in [-0.05, 0) is 44.6 Å². The van der Waals surface area contributed by atoms with Crippen LogP contribution in [0.15, 0.2) is 18.2 Å². The summed E-state index contributed by atoms with van der Waals surface area (Å²) >= 11 is 0. The number of likely N-dealkylation sites (N-methyl/N-ethyl adjacent to an activating group) is 1. The first-order chi connectivity index (χ1) is 8.58. The maximum Gasteiger partial charge on any atom is 0.125 e. The molecule has 0 saturated carbocycles. The van der Waals surface area contributed by atoms with Crippen molar-refractivity contribution >= 4 is 0 Å². The number of rotatable bonds is 0. The molecule has 2 aliphatic rings. The van der Waals surface area contributed by atoms with Crippen molar-refractivity contribution in [3.8, 4) is 5.75 Å². The van der Waals surface area contributed by atoms with Gasteiger partial charge in [0.25, 0.3) is 0 Å². The molecule has 4 heteroatoms. The Labute approximate surface area is 107 Å². The van der Waals surface area contributed by atoms with Crippen LogP contribution < -0.4 is 10.5 Å². The van der Waals surface area contributed by atoms with Crippen LogP contribution in [0.3, 0.4) is 0 Å². The van der Waals surface area contributed by atoms with Crippen molar-refractivity contribution in [1.29, 1.82) is 0 Å². The third-order valence-corrected chi connectivity index (χ3v) is 4.02. The molecule has 0 radical (unpaired) electrons. The largest absolute Gasteiger partial charge is 0.486 e. The van der Waals surface area contributed by atoms with Crippen LogP contribution in [0.5, 0.6) is 5.75 Å². The average Bonchev–Trinajstić information content (AvgIpc) is 2.30. The molecule has 1 spiro atoms. The maximum absolute atomic E-state index is 13.2. The average molecular weight is 250 g/mol. The predicted octanol–water partition coefficient (Wildman–Crippen LogP) is 2.07. The lowest BCUT2D eigenvalue weighted by atomic mass is 9.82. The third kappa shape index (κ3) is 1.99. The first kappa shape index (κ1) is 11.9. The minimum Gasteiger partial charge on any atom is -0.486 e. The summed E-state index contributed by atoms with van der Waals surface area (Å²) in [5, 5.41) is 0. The van der Waals surface area contributed by atoms with Crippen molar-refractivity contribution in [2.45, 2.75) is 30.9 Å². The van der Waals surface area contributed by atoms with Gasteiger partial charge in [0.1, 0.15) is 17.2 Å². The second-order valence-corrected chi connectivity index (χ2v) is 5.62. The number of hydrogen-bond donors (Lipinski definition) is 1. The molecule has 0 amide bonds. The van der Waals surface area contributed by atoms with E-state index in [0.717, 1.165) is 43.7 Å². The Hall–Kier alpha value is -1.13. The van der Waals surface area contributed by atoms with Crippen molar-refractivity contribution in [3.05, 3.63) is 29.6 Å². The van der Waals surface area contributed by atoms with E-state index >= 15 is 0 Å². The molecule has 1 unspecified atom stereocenters. The van der Waals surface area contributed by atoms with Gasteiger partial charge in [-0.1, -0.05) is 0 Å². The van der Waals surface area contributed by atoms with Crippen LogP contribution in [-0.2, 0) is 0 Å². The van der Waals surface area contributed by atoms with Gasteiger partial charge in [0.05, 0.1) is 0 Å². The predicted molar refractivity (Wildman–Crippen MR) is 68.0 cm³/mol. The van der Waals surface area contributed by atoms with Gasteiger partial charge in [-0.3, -0.25) is 0 Å². The summed E-state index contributed by atoms with van der Waals surface area (Å²) in [6.07, 6.45) is 2.93. The highest BCUT2D eigenvalue weighted by molar-refractivity contribution is 5.39. The van der Waals surface area contributed by atoms with E-state index < -0.39 is 0 Å². The molecule has 3 rings (SSSR count). The molecule has 1 aromatic rings. The summed E-state index contributed by atoms with van der Waals surface area (Å²) in [5.41, 5.74) is 6.82. The topological polar surface area (TPSA) is 38.5 Å². The summed E-state index contributed by atoms with van der Waals surface area (Å²) < 4.78 is 19.4. The number of hydrogen-bond acceptors (Lipinski definition) is 3. The number of nitrogens with zero attached hydrogens (tertiary/aromatic N) is 1. The van der Waals surface area contributed by atoms with Crippen molar-refractivity contribution in [3.63, 3.8) is 0 Å². The fraction of sp³-hybridized carbons (Fsp3) is 0.571. The second kappa shape index (κ2) is 4.21. The number of ether oxygens (including phenoxy) is 1. The molecule has 2 N–H and O–H groups in total. The minimum absolute atomic E-state index is 0.129. The monoisotopic (exact) mass is 250 g/mol. The van der Waals surface area contributed by atoms with Gasteiger partial charge in [0.2, 0.25) is 0 Å². The zero-order chi connectivity index (χ0) is 12.8. The van der Waals surface area contributed by atoms with Gasteiger partial charge in [-0.15, -0.1) is 0 Å². The van der Waals surface area contributed by atoms with E-state index in [2.05, 4.69) is 11.9 Å². The quantitative estimate of drug-likeness (QED) is 0.766. The number of piperidine rings is 1. The normalized spacial score (nSPS) is 32.1. The van der Waals surface area contributed by atoms with Gasteiger partial charge >= 0.3 is 0 Å². The minimum atomic E-state index is -0.246. The van der Waals surface area contributed by atoms with E-state index in [1.165, 1.54) is 12.1 Å². The van der Waals surface area contributed by atoms with E-state index in [0.29, 0.717) is 0 Å². The molecule has 0 aliphatic carbocycles. The number of likely N-dealkylation sites (tertiary alicyclic amines) is 1. The molecule has 3 nitrogen and oxygen atoms in total. The van der Waals surface area contributed by atoms with Gasteiger partial charge in [0, 0.05) is 24.6 Å². The Morgan fingerprint density at radius 1 is 1.50 bits per heavy atom. The summed E-state index contributed by atoms with van der Waals surface area (Å²) in [7, 11) is 2.11. The smallest absolute Gasteiger partial charge is 0.125 e. The fourth-order valence-corrected chi connectivity index (χ4v) is 3.26. The molecule has 1 saturated heterocycles. The number of benzene rings is 1.